The molecule has 2 aromatic heterocycles. The molecule has 0 fully saturated rings. The molecule has 2 N–H and O–H groups in total. The van der Waals surface area contributed by atoms with E-state index in [1.54, 1.807) is 6.07 Å². The van der Waals surface area contributed by atoms with Crippen molar-refractivity contribution in [2.24, 2.45) is 0 Å². The number of benzene rings is 2. The van der Waals surface area contributed by atoms with E-state index >= 15 is 0 Å². The first-order valence-electron chi connectivity index (χ1n) is 9.00. The monoisotopic (exact) mass is 444 g/mol. The van der Waals surface area contributed by atoms with Crippen molar-refractivity contribution >= 4 is 54.9 Å². The fraction of sp³-hybridized carbons (Fsp3) is 0.190. The van der Waals surface area contributed by atoms with Crippen LogP contribution in [0.3, 0.4) is 0 Å². The molecule has 2 heterocycles. The van der Waals surface area contributed by atoms with Crippen LogP contribution in [0.5, 0.6) is 5.75 Å². The molecule has 6 nitrogen and oxygen atoms in total. The zero-order chi connectivity index (χ0) is 21.5. The smallest absolute Gasteiger partial charge is 0.328 e. The number of para-hydroxylation sites is 1. The number of rotatable bonds is 6. The molecule has 0 aliphatic heterocycles. The van der Waals surface area contributed by atoms with Crippen molar-refractivity contribution in [3.05, 3.63) is 58.2 Å². The van der Waals surface area contributed by atoms with Gasteiger partial charge in [0.25, 0.3) is 5.91 Å². The topological polar surface area (TPSA) is 88.5 Å². The summed E-state index contributed by atoms with van der Waals surface area (Å²) in [5, 5.41) is 13.0. The van der Waals surface area contributed by atoms with Gasteiger partial charge in [-0.1, -0.05) is 12.1 Å². The van der Waals surface area contributed by atoms with Crippen LogP contribution in [0.15, 0.2) is 42.5 Å². The second-order valence-corrected chi connectivity index (χ2v) is 9.32. The van der Waals surface area contributed by atoms with E-state index in [9.17, 15) is 19.1 Å². The molecule has 0 saturated carbocycles. The van der Waals surface area contributed by atoms with E-state index in [4.69, 9.17) is 4.74 Å². The third kappa shape index (κ3) is 3.86. The Morgan fingerprint density at radius 1 is 1.17 bits per heavy atom. The molecule has 2 aromatic carbocycles. The number of aliphatic carboxylic acids is 1. The van der Waals surface area contributed by atoms with E-state index < -0.39 is 23.2 Å². The number of thiophene rings is 1. The second-order valence-electron chi connectivity index (χ2n) is 7.15. The van der Waals surface area contributed by atoms with Crippen LogP contribution in [0.1, 0.15) is 28.5 Å². The summed E-state index contributed by atoms with van der Waals surface area (Å²) in [6.45, 7) is 2.88. The van der Waals surface area contributed by atoms with Crippen LogP contribution in [0.25, 0.3) is 20.3 Å². The zero-order valence-corrected chi connectivity index (χ0v) is 17.7. The Kier molecular flexibility index (Phi) is 5.17. The maximum atomic E-state index is 13.9. The molecular weight excluding hydrogens is 427 g/mol. The molecule has 0 bridgehead atoms. The lowest BCUT2D eigenvalue weighted by Crippen LogP contribution is -2.49. The Hall–Kier alpha value is -3.04. The zero-order valence-electron chi connectivity index (χ0n) is 16.1. The van der Waals surface area contributed by atoms with Crippen LogP contribution in [-0.2, 0) is 11.4 Å². The predicted molar refractivity (Wildman–Crippen MR) is 115 cm³/mol. The lowest BCUT2D eigenvalue weighted by atomic mass is 10.1. The van der Waals surface area contributed by atoms with Crippen LogP contribution >= 0.6 is 22.7 Å². The third-order valence-electron chi connectivity index (χ3n) is 4.45. The number of carboxylic acid groups (broad SMARTS) is 1. The maximum absolute atomic E-state index is 13.9. The number of thiazole rings is 1. The lowest BCUT2D eigenvalue weighted by Gasteiger charge is -2.20. The first kappa shape index (κ1) is 20.2. The number of halogens is 1. The van der Waals surface area contributed by atoms with Gasteiger partial charge in [-0.15, -0.1) is 22.7 Å². The fourth-order valence-corrected chi connectivity index (χ4v) is 4.75. The van der Waals surface area contributed by atoms with Gasteiger partial charge >= 0.3 is 5.97 Å². The Balaban J connectivity index is 1.69. The van der Waals surface area contributed by atoms with E-state index in [1.165, 1.54) is 37.3 Å². The Labute approximate surface area is 178 Å². The van der Waals surface area contributed by atoms with Crippen LogP contribution in [0, 0.1) is 5.82 Å². The van der Waals surface area contributed by atoms with Crippen LogP contribution in [0.2, 0.25) is 0 Å². The Bertz CT molecular complexity index is 1250. The number of carbonyl (C=O) groups excluding carboxylic acids is 1. The van der Waals surface area contributed by atoms with Gasteiger partial charge in [-0.3, -0.25) is 4.79 Å². The molecule has 0 saturated heterocycles. The Morgan fingerprint density at radius 3 is 2.67 bits per heavy atom. The van der Waals surface area contributed by atoms with Gasteiger partial charge in [0.1, 0.15) is 27.8 Å². The summed E-state index contributed by atoms with van der Waals surface area (Å²) in [6.07, 6.45) is 0. The van der Waals surface area contributed by atoms with Crippen LogP contribution < -0.4 is 10.1 Å². The van der Waals surface area contributed by atoms with Crippen molar-refractivity contribution in [3.8, 4) is 5.75 Å². The second kappa shape index (κ2) is 7.66. The normalized spacial score (nSPS) is 11.7. The summed E-state index contributed by atoms with van der Waals surface area (Å²) < 4.78 is 21.5. The van der Waals surface area contributed by atoms with Crippen molar-refractivity contribution in [2.45, 2.75) is 26.0 Å². The number of amides is 1. The largest absolute Gasteiger partial charge is 0.484 e. The highest BCUT2D eigenvalue weighted by atomic mass is 32.1. The fourth-order valence-electron chi connectivity index (χ4n) is 2.85. The van der Waals surface area contributed by atoms with Gasteiger partial charge in [0.2, 0.25) is 0 Å². The molecular formula is C21H17FN2O4S2. The van der Waals surface area contributed by atoms with E-state index in [0.29, 0.717) is 15.1 Å². The van der Waals surface area contributed by atoms with E-state index in [-0.39, 0.29) is 17.2 Å². The molecule has 4 rings (SSSR count). The number of hydrogen-bond donors (Lipinski definition) is 2. The number of nitrogens with one attached hydrogen (secondary N) is 1. The van der Waals surface area contributed by atoms with Crippen molar-refractivity contribution in [1.29, 1.82) is 0 Å². The average molecular weight is 445 g/mol. The number of carbonyl (C=O) groups is 2. The standard InChI is InChI=1S/C21H17FN2O4S2/c1-21(2,20(26)27)24-19(25)18-17(12-9-11(22)7-8-14(12)30-18)28-10-16-23-13-5-3-4-6-15(13)29-16/h3-9H,10H2,1-2H3,(H,24,25)(H,26,27). The van der Waals surface area contributed by atoms with Gasteiger partial charge in [0.05, 0.1) is 10.2 Å². The highest BCUT2D eigenvalue weighted by Crippen LogP contribution is 2.39. The maximum Gasteiger partial charge on any atom is 0.328 e. The van der Waals surface area contributed by atoms with Crippen LogP contribution in [0.4, 0.5) is 4.39 Å². The van der Waals surface area contributed by atoms with E-state index in [1.807, 2.05) is 24.3 Å². The SMILES string of the molecule is CC(C)(NC(=O)c1sc2ccc(F)cc2c1OCc1nc2ccccc2s1)C(=O)O. The highest BCUT2D eigenvalue weighted by molar-refractivity contribution is 7.21. The molecule has 30 heavy (non-hydrogen) atoms. The van der Waals surface area contributed by atoms with Crippen LogP contribution in [-0.4, -0.2) is 27.5 Å². The lowest BCUT2D eigenvalue weighted by molar-refractivity contribution is -0.143. The van der Waals surface area contributed by atoms with Crippen molar-refractivity contribution in [3.63, 3.8) is 0 Å². The van der Waals surface area contributed by atoms with E-state index in [0.717, 1.165) is 21.6 Å². The summed E-state index contributed by atoms with van der Waals surface area (Å²) in [5.74, 6) is -2.00. The molecule has 9 heteroatoms. The number of ether oxygens (including phenoxy) is 1. The van der Waals surface area contributed by atoms with Crippen molar-refractivity contribution < 1.29 is 23.8 Å². The van der Waals surface area contributed by atoms with Gasteiger partial charge < -0.3 is 15.2 Å². The molecule has 154 valence electrons. The predicted octanol–water partition coefficient (Wildman–Crippen LogP) is 4.82. The average Bonchev–Trinajstić information content (AvgIpc) is 3.26. The minimum atomic E-state index is -1.47. The molecule has 0 radical (unpaired) electrons. The third-order valence-corrected chi connectivity index (χ3v) is 6.61. The molecule has 0 aliphatic rings. The summed E-state index contributed by atoms with van der Waals surface area (Å²) in [6, 6.07) is 11.9. The summed E-state index contributed by atoms with van der Waals surface area (Å²) in [7, 11) is 0. The number of carboxylic acids is 1. The minimum absolute atomic E-state index is 0.101. The Morgan fingerprint density at radius 2 is 1.93 bits per heavy atom. The minimum Gasteiger partial charge on any atom is -0.484 e. The van der Waals surface area contributed by atoms with Gasteiger partial charge in [-0.2, -0.15) is 0 Å². The van der Waals surface area contributed by atoms with E-state index in [2.05, 4.69) is 10.3 Å². The van der Waals surface area contributed by atoms with Crippen molar-refractivity contribution in [1.82, 2.24) is 10.3 Å². The molecule has 0 aliphatic carbocycles. The van der Waals surface area contributed by atoms with Gasteiger partial charge in [0, 0.05) is 10.1 Å². The van der Waals surface area contributed by atoms with Gasteiger partial charge in [0.15, 0.2) is 5.75 Å². The molecule has 1 amide bonds. The van der Waals surface area contributed by atoms with Gasteiger partial charge in [-0.25, -0.2) is 14.2 Å². The molecule has 0 unspecified atom stereocenters. The van der Waals surface area contributed by atoms with Gasteiger partial charge in [-0.05, 0) is 44.2 Å². The highest BCUT2D eigenvalue weighted by Gasteiger charge is 2.32. The summed E-state index contributed by atoms with van der Waals surface area (Å²) >= 11 is 2.59. The first-order chi connectivity index (χ1) is 14.2. The number of nitrogens with zero attached hydrogens (tertiary/aromatic N) is 1. The molecule has 0 spiro atoms. The molecule has 0 atom stereocenters. The number of aromatic nitrogens is 1. The number of fused-ring (bicyclic) bond motifs is 2. The van der Waals surface area contributed by atoms with Crippen molar-refractivity contribution in [2.75, 3.05) is 0 Å². The number of hydrogen-bond acceptors (Lipinski definition) is 6. The molecule has 4 aromatic rings. The quantitative estimate of drug-likeness (QED) is 0.445. The summed E-state index contributed by atoms with van der Waals surface area (Å²) in [4.78, 5) is 28.9. The first-order valence-corrected chi connectivity index (χ1v) is 10.6. The summed E-state index contributed by atoms with van der Waals surface area (Å²) in [5.41, 5.74) is -0.619.